The summed E-state index contributed by atoms with van der Waals surface area (Å²) >= 11 is 0. The first-order chi connectivity index (χ1) is 13.5. The average Bonchev–Trinajstić information content (AvgIpc) is 2.72. The molecule has 3 rings (SSSR count). The van der Waals surface area contributed by atoms with Crippen LogP contribution in [-0.4, -0.2) is 45.0 Å². The van der Waals surface area contributed by atoms with E-state index >= 15 is 0 Å². The number of likely N-dealkylation sites (tertiary alicyclic amines) is 1. The Morgan fingerprint density at radius 3 is 2.25 bits per heavy atom. The number of aliphatic hydroxyl groups excluding tert-OH is 1. The fourth-order valence-corrected chi connectivity index (χ4v) is 4.18. The van der Waals surface area contributed by atoms with Crippen molar-refractivity contribution in [3.8, 4) is 5.75 Å². The van der Waals surface area contributed by atoms with E-state index in [0.717, 1.165) is 57.2 Å². The number of piperidine rings is 1. The van der Waals surface area contributed by atoms with Crippen LogP contribution < -0.4 is 0 Å². The molecule has 3 N–H and O–H groups in total. The number of aliphatic hydroxyl groups is 2. The van der Waals surface area contributed by atoms with Gasteiger partial charge in [0.2, 0.25) is 0 Å². The molecule has 0 aliphatic carbocycles. The van der Waals surface area contributed by atoms with Gasteiger partial charge in [0.1, 0.15) is 5.75 Å². The van der Waals surface area contributed by atoms with Crippen LogP contribution in [0, 0.1) is 0 Å². The lowest BCUT2D eigenvalue weighted by molar-refractivity contribution is -0.0518. The smallest absolute Gasteiger partial charge is 0.115 e. The van der Waals surface area contributed by atoms with Gasteiger partial charge >= 0.3 is 0 Å². The summed E-state index contributed by atoms with van der Waals surface area (Å²) in [5.41, 5.74) is 1.60. The molecule has 0 amide bonds. The number of phenols is 1. The van der Waals surface area contributed by atoms with E-state index in [4.69, 9.17) is 0 Å². The molecule has 0 spiro atoms. The van der Waals surface area contributed by atoms with Gasteiger partial charge in [-0.05, 0) is 62.3 Å². The molecule has 0 bridgehead atoms. The summed E-state index contributed by atoms with van der Waals surface area (Å²) in [6.45, 7) is 3.62. The monoisotopic (exact) mass is 383 g/mol. The number of benzene rings is 2. The Balaban J connectivity index is 1.43. The van der Waals surface area contributed by atoms with Crippen LogP contribution in [0.5, 0.6) is 5.75 Å². The van der Waals surface area contributed by atoms with Crippen molar-refractivity contribution in [1.29, 1.82) is 0 Å². The van der Waals surface area contributed by atoms with Gasteiger partial charge in [-0.2, -0.15) is 0 Å². The average molecular weight is 384 g/mol. The van der Waals surface area contributed by atoms with E-state index in [9.17, 15) is 15.3 Å². The highest BCUT2D eigenvalue weighted by atomic mass is 16.3. The first kappa shape index (κ1) is 20.8. The fourth-order valence-electron chi connectivity index (χ4n) is 4.18. The predicted octanol–water partition coefficient (Wildman–Crippen LogP) is 4.05. The summed E-state index contributed by atoms with van der Waals surface area (Å²) in [4.78, 5) is 2.26. The van der Waals surface area contributed by atoms with Crippen LogP contribution in [0.15, 0.2) is 54.6 Å². The van der Waals surface area contributed by atoms with Gasteiger partial charge in [0.25, 0.3) is 0 Å². The van der Waals surface area contributed by atoms with Crippen molar-refractivity contribution >= 4 is 0 Å². The van der Waals surface area contributed by atoms with Crippen molar-refractivity contribution < 1.29 is 15.3 Å². The number of unbranched alkanes of at least 4 members (excludes halogenated alkanes) is 1. The minimum absolute atomic E-state index is 0.0211. The summed E-state index contributed by atoms with van der Waals surface area (Å²) in [5.74, 6) is 0.207. The standard InChI is InChI=1S/C24H33NO3/c1-19(23(27)21-10-12-22(26)13-11-21)25-17-15-24(28,16-18-25)14-6-5-9-20-7-3-2-4-8-20/h2-4,7-8,10-13,19,23,26-28H,5-6,9,14-18H2,1H3/t19-,23-/m1/s1. The summed E-state index contributed by atoms with van der Waals surface area (Å²) in [7, 11) is 0. The van der Waals surface area contributed by atoms with Crippen molar-refractivity contribution in [2.75, 3.05) is 13.1 Å². The molecule has 4 heteroatoms. The molecule has 2 atom stereocenters. The number of hydrogen-bond donors (Lipinski definition) is 3. The molecule has 0 radical (unpaired) electrons. The zero-order chi connectivity index (χ0) is 20.0. The second-order valence-electron chi connectivity index (χ2n) is 8.23. The Bertz CT molecular complexity index is 708. The molecule has 0 saturated carbocycles. The topological polar surface area (TPSA) is 63.9 Å². The maximum atomic E-state index is 10.9. The van der Waals surface area contributed by atoms with E-state index < -0.39 is 11.7 Å². The van der Waals surface area contributed by atoms with Gasteiger partial charge in [-0.25, -0.2) is 0 Å². The van der Waals surface area contributed by atoms with Crippen LogP contribution >= 0.6 is 0 Å². The highest BCUT2D eigenvalue weighted by molar-refractivity contribution is 5.28. The lowest BCUT2D eigenvalue weighted by Gasteiger charge is -2.42. The van der Waals surface area contributed by atoms with E-state index in [1.54, 1.807) is 24.3 Å². The zero-order valence-corrected chi connectivity index (χ0v) is 16.8. The van der Waals surface area contributed by atoms with Crippen LogP contribution in [-0.2, 0) is 6.42 Å². The molecule has 152 valence electrons. The molecule has 1 aliphatic rings. The highest BCUT2D eigenvalue weighted by Gasteiger charge is 2.34. The highest BCUT2D eigenvalue weighted by Crippen LogP contribution is 2.31. The number of aryl methyl sites for hydroxylation is 1. The molecule has 2 aromatic carbocycles. The minimum atomic E-state index is -0.599. The number of phenolic OH excluding ortho intramolecular Hbond substituents is 1. The summed E-state index contributed by atoms with van der Waals surface area (Å²) in [6, 6.07) is 17.2. The van der Waals surface area contributed by atoms with Crippen molar-refractivity contribution in [2.45, 2.75) is 63.2 Å². The fraction of sp³-hybridized carbons (Fsp3) is 0.500. The van der Waals surface area contributed by atoms with Crippen molar-refractivity contribution in [2.24, 2.45) is 0 Å². The third kappa shape index (κ3) is 5.57. The normalized spacial score (nSPS) is 19.2. The number of rotatable bonds is 8. The van der Waals surface area contributed by atoms with E-state index in [1.807, 2.05) is 13.0 Å². The molecule has 0 unspecified atom stereocenters. The van der Waals surface area contributed by atoms with Crippen molar-refractivity contribution in [3.05, 3.63) is 65.7 Å². The van der Waals surface area contributed by atoms with Gasteiger partial charge in [-0.15, -0.1) is 0 Å². The van der Waals surface area contributed by atoms with E-state index in [2.05, 4.69) is 29.2 Å². The molecule has 1 aliphatic heterocycles. The molecule has 4 nitrogen and oxygen atoms in total. The van der Waals surface area contributed by atoms with E-state index in [1.165, 1.54) is 5.56 Å². The van der Waals surface area contributed by atoms with Gasteiger partial charge in [-0.1, -0.05) is 48.9 Å². The lowest BCUT2D eigenvalue weighted by Crippen LogP contribution is -2.49. The summed E-state index contributed by atoms with van der Waals surface area (Å²) in [5, 5.41) is 31.0. The van der Waals surface area contributed by atoms with Gasteiger partial charge in [0.15, 0.2) is 0 Å². The van der Waals surface area contributed by atoms with Crippen molar-refractivity contribution in [3.63, 3.8) is 0 Å². The largest absolute Gasteiger partial charge is 0.508 e. The molecule has 0 aromatic heterocycles. The Morgan fingerprint density at radius 1 is 0.964 bits per heavy atom. The lowest BCUT2D eigenvalue weighted by atomic mass is 9.85. The van der Waals surface area contributed by atoms with Crippen LogP contribution in [0.25, 0.3) is 0 Å². The van der Waals surface area contributed by atoms with Crippen LogP contribution in [0.2, 0.25) is 0 Å². The maximum absolute atomic E-state index is 10.9. The number of hydrogen-bond acceptors (Lipinski definition) is 4. The maximum Gasteiger partial charge on any atom is 0.115 e. The first-order valence-electron chi connectivity index (χ1n) is 10.4. The SMILES string of the molecule is C[C@H]([C@@H](O)c1ccc(O)cc1)N1CCC(O)(CCCCc2ccccc2)CC1. The van der Waals surface area contributed by atoms with E-state index in [-0.39, 0.29) is 11.8 Å². The quantitative estimate of drug-likeness (QED) is 0.602. The van der Waals surface area contributed by atoms with Crippen LogP contribution in [0.3, 0.4) is 0 Å². The Labute approximate surface area is 168 Å². The molecule has 1 saturated heterocycles. The minimum Gasteiger partial charge on any atom is -0.508 e. The number of nitrogens with zero attached hydrogens (tertiary/aromatic N) is 1. The van der Waals surface area contributed by atoms with Gasteiger partial charge in [0.05, 0.1) is 11.7 Å². The first-order valence-corrected chi connectivity index (χ1v) is 10.4. The Hall–Kier alpha value is -1.88. The molecule has 1 heterocycles. The third-order valence-electron chi connectivity index (χ3n) is 6.20. The van der Waals surface area contributed by atoms with Gasteiger partial charge < -0.3 is 15.3 Å². The Kier molecular flexibility index (Phi) is 7.11. The van der Waals surface area contributed by atoms with Crippen LogP contribution in [0.1, 0.15) is 56.3 Å². The molecule has 28 heavy (non-hydrogen) atoms. The van der Waals surface area contributed by atoms with Gasteiger partial charge in [0, 0.05) is 19.1 Å². The second kappa shape index (κ2) is 9.55. The summed E-state index contributed by atoms with van der Waals surface area (Å²) < 4.78 is 0. The second-order valence-corrected chi connectivity index (χ2v) is 8.23. The predicted molar refractivity (Wildman–Crippen MR) is 112 cm³/mol. The number of aromatic hydroxyl groups is 1. The zero-order valence-electron chi connectivity index (χ0n) is 16.8. The van der Waals surface area contributed by atoms with Crippen molar-refractivity contribution in [1.82, 2.24) is 4.90 Å². The molecular formula is C24H33NO3. The third-order valence-corrected chi connectivity index (χ3v) is 6.20. The van der Waals surface area contributed by atoms with Gasteiger partial charge in [-0.3, -0.25) is 4.90 Å². The summed E-state index contributed by atoms with van der Waals surface area (Å²) in [6.07, 6.45) is 4.97. The molecule has 1 fully saturated rings. The van der Waals surface area contributed by atoms with E-state index in [0.29, 0.717) is 0 Å². The Morgan fingerprint density at radius 2 is 1.61 bits per heavy atom. The van der Waals surface area contributed by atoms with Crippen LogP contribution in [0.4, 0.5) is 0 Å². The molecular weight excluding hydrogens is 350 g/mol. The molecule has 2 aromatic rings.